The summed E-state index contributed by atoms with van der Waals surface area (Å²) in [6.45, 7) is 3.93. The molecule has 1 amide bonds. The second-order valence-corrected chi connectivity index (χ2v) is 6.09. The third-order valence-electron chi connectivity index (χ3n) is 4.34. The fraction of sp³-hybridized carbons (Fsp3) is 0.250. The highest BCUT2D eigenvalue weighted by atomic mass is 16.2. The minimum absolute atomic E-state index is 0.123. The van der Waals surface area contributed by atoms with Gasteiger partial charge in [0.2, 0.25) is 0 Å². The van der Waals surface area contributed by atoms with Crippen LogP contribution in [-0.2, 0) is 6.42 Å². The summed E-state index contributed by atoms with van der Waals surface area (Å²) in [5, 5.41) is 2.90. The third kappa shape index (κ3) is 3.74. The molecule has 26 heavy (non-hydrogen) atoms. The Kier molecular flexibility index (Phi) is 5.31. The molecule has 3 aromatic rings. The molecule has 3 N–H and O–H groups in total. The van der Waals surface area contributed by atoms with Gasteiger partial charge in [0.05, 0.1) is 17.9 Å². The number of hydrogen-bond donors (Lipinski definition) is 3. The lowest BCUT2D eigenvalue weighted by atomic mass is 10.1. The standard InChI is InChI=1S/C20H22N4O2/c1-3-13-10-15(19(25)22-11-13)20(26)24-16(4-2)18-21-12-17(23-18)14-8-6-5-7-9-14/h5-12,16H,3-4H2,1-2H3,(H,21,23)(H,22,25)(H,24,26). The van der Waals surface area contributed by atoms with Crippen LogP contribution in [0.1, 0.15) is 48.1 Å². The zero-order chi connectivity index (χ0) is 18.5. The van der Waals surface area contributed by atoms with Crippen molar-refractivity contribution in [3.63, 3.8) is 0 Å². The van der Waals surface area contributed by atoms with Crippen molar-refractivity contribution in [3.05, 3.63) is 76.1 Å². The Balaban J connectivity index is 1.81. The number of pyridine rings is 1. The van der Waals surface area contributed by atoms with Crippen LogP contribution in [0, 0.1) is 0 Å². The van der Waals surface area contributed by atoms with Gasteiger partial charge in [0, 0.05) is 6.20 Å². The van der Waals surface area contributed by atoms with Crippen molar-refractivity contribution in [2.24, 2.45) is 0 Å². The van der Waals surface area contributed by atoms with Gasteiger partial charge >= 0.3 is 0 Å². The lowest BCUT2D eigenvalue weighted by molar-refractivity contribution is 0.0932. The maximum absolute atomic E-state index is 12.6. The van der Waals surface area contributed by atoms with Gasteiger partial charge in [-0.1, -0.05) is 44.2 Å². The van der Waals surface area contributed by atoms with E-state index < -0.39 is 5.91 Å². The molecule has 0 aliphatic heterocycles. The third-order valence-corrected chi connectivity index (χ3v) is 4.34. The second kappa shape index (κ2) is 7.82. The summed E-state index contributed by atoms with van der Waals surface area (Å²) in [7, 11) is 0. The van der Waals surface area contributed by atoms with Crippen LogP contribution in [0.3, 0.4) is 0 Å². The summed E-state index contributed by atoms with van der Waals surface area (Å²) in [5.41, 5.74) is 2.56. The van der Waals surface area contributed by atoms with Crippen LogP contribution >= 0.6 is 0 Å². The Morgan fingerprint density at radius 1 is 1.23 bits per heavy atom. The number of carbonyl (C=O) groups is 1. The number of nitrogens with one attached hydrogen (secondary N) is 3. The smallest absolute Gasteiger partial charge is 0.260 e. The topological polar surface area (TPSA) is 90.6 Å². The van der Waals surface area contributed by atoms with E-state index in [9.17, 15) is 9.59 Å². The summed E-state index contributed by atoms with van der Waals surface area (Å²) >= 11 is 0. The van der Waals surface area contributed by atoms with Gasteiger partial charge in [0.15, 0.2) is 0 Å². The summed E-state index contributed by atoms with van der Waals surface area (Å²) in [6.07, 6.45) is 4.78. The molecular weight excluding hydrogens is 328 g/mol. The Morgan fingerprint density at radius 2 is 2.00 bits per heavy atom. The van der Waals surface area contributed by atoms with Crippen LogP contribution < -0.4 is 10.9 Å². The largest absolute Gasteiger partial charge is 0.342 e. The lowest BCUT2D eigenvalue weighted by Gasteiger charge is -2.14. The van der Waals surface area contributed by atoms with Gasteiger partial charge in [0.25, 0.3) is 11.5 Å². The van der Waals surface area contributed by atoms with Crippen LogP contribution in [0.15, 0.2) is 53.6 Å². The van der Waals surface area contributed by atoms with E-state index in [1.165, 1.54) is 0 Å². The monoisotopic (exact) mass is 350 g/mol. The number of amides is 1. The molecule has 1 unspecified atom stereocenters. The van der Waals surface area contributed by atoms with E-state index in [0.29, 0.717) is 12.2 Å². The zero-order valence-electron chi connectivity index (χ0n) is 14.9. The first-order valence-corrected chi connectivity index (χ1v) is 8.75. The molecule has 6 nitrogen and oxygen atoms in total. The van der Waals surface area contributed by atoms with Gasteiger partial charge in [-0.05, 0) is 30.0 Å². The fourth-order valence-electron chi connectivity index (χ4n) is 2.78. The number of benzene rings is 1. The maximum atomic E-state index is 12.6. The number of aromatic amines is 2. The van der Waals surface area contributed by atoms with E-state index in [-0.39, 0.29) is 17.2 Å². The predicted molar refractivity (Wildman–Crippen MR) is 101 cm³/mol. The molecule has 0 spiro atoms. The zero-order valence-corrected chi connectivity index (χ0v) is 14.9. The highest BCUT2D eigenvalue weighted by Gasteiger charge is 2.19. The summed E-state index contributed by atoms with van der Waals surface area (Å²) in [4.78, 5) is 34.9. The van der Waals surface area contributed by atoms with Crippen molar-refractivity contribution in [2.75, 3.05) is 0 Å². The Hall–Kier alpha value is -3.15. The summed E-state index contributed by atoms with van der Waals surface area (Å²) < 4.78 is 0. The molecule has 1 aromatic carbocycles. The minimum atomic E-state index is -0.397. The van der Waals surface area contributed by atoms with Crippen molar-refractivity contribution >= 4 is 5.91 Å². The van der Waals surface area contributed by atoms with E-state index in [2.05, 4.69) is 20.3 Å². The average Bonchev–Trinajstić information content (AvgIpc) is 3.17. The molecule has 1 atom stereocenters. The Morgan fingerprint density at radius 3 is 2.69 bits per heavy atom. The van der Waals surface area contributed by atoms with E-state index >= 15 is 0 Å². The average molecular weight is 350 g/mol. The van der Waals surface area contributed by atoms with E-state index in [0.717, 1.165) is 23.2 Å². The van der Waals surface area contributed by atoms with Crippen LogP contribution in [0.25, 0.3) is 11.3 Å². The van der Waals surface area contributed by atoms with Gasteiger partial charge in [-0.25, -0.2) is 4.98 Å². The van der Waals surface area contributed by atoms with Crippen LogP contribution in [0.2, 0.25) is 0 Å². The molecule has 0 aliphatic carbocycles. The lowest BCUT2D eigenvalue weighted by Crippen LogP contribution is -2.33. The Bertz CT molecular complexity index is 944. The van der Waals surface area contributed by atoms with Crippen molar-refractivity contribution < 1.29 is 4.79 Å². The van der Waals surface area contributed by atoms with Gasteiger partial charge in [-0.15, -0.1) is 0 Å². The molecular formula is C20H22N4O2. The highest BCUT2D eigenvalue weighted by molar-refractivity contribution is 5.94. The molecule has 134 valence electrons. The Labute approximate surface area is 151 Å². The highest BCUT2D eigenvalue weighted by Crippen LogP contribution is 2.20. The molecule has 0 radical (unpaired) electrons. The molecule has 6 heteroatoms. The molecule has 3 rings (SSSR count). The van der Waals surface area contributed by atoms with Gasteiger partial charge in [-0.3, -0.25) is 9.59 Å². The first-order chi connectivity index (χ1) is 12.6. The number of rotatable bonds is 6. The van der Waals surface area contributed by atoms with Crippen molar-refractivity contribution in [1.82, 2.24) is 20.3 Å². The van der Waals surface area contributed by atoms with E-state index in [1.807, 2.05) is 44.2 Å². The number of imidazole rings is 1. The number of nitrogens with zero attached hydrogens (tertiary/aromatic N) is 1. The number of H-pyrrole nitrogens is 2. The number of aromatic nitrogens is 3. The fourth-order valence-corrected chi connectivity index (χ4v) is 2.78. The number of aryl methyl sites for hydroxylation is 1. The molecule has 0 bridgehead atoms. The molecule has 0 fully saturated rings. The SMILES string of the molecule is CCc1c[nH]c(=O)c(C(=O)NC(CC)c2ncc(-c3ccccc3)[nH]2)c1. The van der Waals surface area contributed by atoms with Gasteiger partial charge in [0.1, 0.15) is 11.4 Å². The van der Waals surface area contributed by atoms with Crippen LogP contribution in [0.4, 0.5) is 0 Å². The predicted octanol–water partition coefficient (Wildman–Crippen LogP) is 3.21. The number of hydrogen-bond acceptors (Lipinski definition) is 3. The maximum Gasteiger partial charge on any atom is 0.260 e. The van der Waals surface area contributed by atoms with Gasteiger partial charge in [-0.2, -0.15) is 0 Å². The van der Waals surface area contributed by atoms with Crippen LogP contribution in [0.5, 0.6) is 0 Å². The molecule has 0 aliphatic rings. The minimum Gasteiger partial charge on any atom is -0.342 e. The summed E-state index contributed by atoms with van der Waals surface area (Å²) in [6, 6.07) is 11.2. The second-order valence-electron chi connectivity index (χ2n) is 6.09. The normalized spacial score (nSPS) is 11.9. The molecule has 2 aromatic heterocycles. The van der Waals surface area contributed by atoms with Gasteiger partial charge < -0.3 is 15.3 Å². The van der Waals surface area contributed by atoms with Crippen molar-refractivity contribution in [3.8, 4) is 11.3 Å². The first-order valence-electron chi connectivity index (χ1n) is 8.75. The van der Waals surface area contributed by atoms with E-state index in [4.69, 9.17) is 0 Å². The van der Waals surface area contributed by atoms with Crippen molar-refractivity contribution in [1.29, 1.82) is 0 Å². The summed E-state index contributed by atoms with van der Waals surface area (Å²) in [5.74, 6) is 0.272. The first kappa shape index (κ1) is 17.7. The number of carbonyl (C=O) groups excluding carboxylic acids is 1. The molecule has 2 heterocycles. The van der Waals surface area contributed by atoms with Crippen LogP contribution in [-0.4, -0.2) is 20.9 Å². The van der Waals surface area contributed by atoms with Crippen molar-refractivity contribution in [2.45, 2.75) is 32.7 Å². The molecule has 0 saturated heterocycles. The molecule has 0 saturated carbocycles. The van der Waals surface area contributed by atoms with E-state index in [1.54, 1.807) is 18.5 Å². The quantitative estimate of drug-likeness (QED) is 0.637.